The highest BCUT2D eigenvalue weighted by molar-refractivity contribution is 8.00. The molecule has 28 heavy (non-hydrogen) atoms. The molecule has 1 aliphatic rings. The molecule has 7 nitrogen and oxygen atoms in total. The zero-order chi connectivity index (χ0) is 20.1. The molecule has 1 atom stereocenters. The Morgan fingerprint density at radius 3 is 2.54 bits per heavy atom. The number of aromatic nitrogens is 3. The largest absolute Gasteiger partial charge is 0.335 e. The molecular formula is C19H24FN5O2S. The van der Waals surface area contributed by atoms with Crippen molar-refractivity contribution in [2.75, 3.05) is 0 Å². The van der Waals surface area contributed by atoms with Gasteiger partial charge in [-0.1, -0.05) is 31.0 Å². The van der Waals surface area contributed by atoms with Crippen LogP contribution < -0.4 is 10.6 Å². The van der Waals surface area contributed by atoms with E-state index in [1.54, 1.807) is 30.7 Å². The second-order valence-electron chi connectivity index (χ2n) is 6.93. The third-order valence-electron chi connectivity index (χ3n) is 4.77. The summed E-state index contributed by atoms with van der Waals surface area (Å²) in [5.74, 6) is -0.132. The molecule has 0 aliphatic heterocycles. The van der Waals surface area contributed by atoms with Crippen molar-refractivity contribution in [3.63, 3.8) is 0 Å². The number of hydrogen-bond donors (Lipinski definition) is 2. The summed E-state index contributed by atoms with van der Waals surface area (Å²) in [5, 5.41) is 13.5. The number of imide groups is 1. The first-order valence-corrected chi connectivity index (χ1v) is 10.3. The standard InChI is InChI=1S/C19H24FN5O2S/c1-12(17(26)22-18(27)21-15-6-4-3-5-7-15)28-19-24-23-16(25(19)2)13-8-10-14(20)11-9-13/h8-12,15H,3-7H2,1-2H3,(H2,21,22,26,27)/t12-/m0/s1. The van der Waals surface area contributed by atoms with Crippen LogP contribution in [0.5, 0.6) is 0 Å². The molecule has 9 heteroatoms. The Bertz CT molecular complexity index is 833. The summed E-state index contributed by atoms with van der Waals surface area (Å²) in [4.78, 5) is 24.4. The normalized spacial score (nSPS) is 15.8. The second kappa shape index (κ2) is 9.18. The summed E-state index contributed by atoms with van der Waals surface area (Å²) in [6.45, 7) is 1.71. The van der Waals surface area contributed by atoms with E-state index in [2.05, 4.69) is 20.8 Å². The number of carbonyl (C=O) groups is 2. The molecule has 1 saturated carbocycles. The maximum Gasteiger partial charge on any atom is 0.321 e. The Kier molecular flexibility index (Phi) is 6.66. The topological polar surface area (TPSA) is 88.9 Å². The maximum absolute atomic E-state index is 13.1. The van der Waals surface area contributed by atoms with Gasteiger partial charge in [-0.25, -0.2) is 9.18 Å². The maximum atomic E-state index is 13.1. The Balaban J connectivity index is 1.56. The lowest BCUT2D eigenvalue weighted by molar-refractivity contribution is -0.119. The first-order chi connectivity index (χ1) is 13.4. The van der Waals surface area contributed by atoms with E-state index in [1.807, 2.05) is 0 Å². The lowest BCUT2D eigenvalue weighted by Crippen LogP contribution is -2.47. The minimum absolute atomic E-state index is 0.140. The van der Waals surface area contributed by atoms with Gasteiger partial charge in [0.05, 0.1) is 5.25 Å². The van der Waals surface area contributed by atoms with Crippen LogP contribution in [0.15, 0.2) is 29.4 Å². The number of urea groups is 1. The molecule has 3 rings (SSSR count). The Morgan fingerprint density at radius 1 is 1.18 bits per heavy atom. The molecule has 1 fully saturated rings. The van der Waals surface area contributed by atoms with E-state index in [0.717, 1.165) is 31.2 Å². The number of thioether (sulfide) groups is 1. The minimum atomic E-state index is -0.527. The van der Waals surface area contributed by atoms with Crippen LogP contribution >= 0.6 is 11.8 Å². The number of carbonyl (C=O) groups excluding carboxylic acids is 2. The third-order valence-corrected chi connectivity index (χ3v) is 5.90. The van der Waals surface area contributed by atoms with E-state index in [9.17, 15) is 14.0 Å². The molecular weight excluding hydrogens is 381 g/mol. The van der Waals surface area contributed by atoms with Crippen molar-refractivity contribution in [2.45, 2.75) is 55.5 Å². The highest BCUT2D eigenvalue weighted by Crippen LogP contribution is 2.25. The second-order valence-corrected chi connectivity index (χ2v) is 8.24. The van der Waals surface area contributed by atoms with E-state index in [1.165, 1.54) is 30.3 Å². The van der Waals surface area contributed by atoms with Crippen molar-refractivity contribution in [3.05, 3.63) is 30.1 Å². The highest BCUT2D eigenvalue weighted by Gasteiger charge is 2.22. The summed E-state index contributed by atoms with van der Waals surface area (Å²) < 4.78 is 14.8. The Hall–Kier alpha value is -2.42. The number of rotatable bonds is 5. The smallest absolute Gasteiger partial charge is 0.321 e. The molecule has 150 valence electrons. The molecule has 1 aromatic carbocycles. The first-order valence-electron chi connectivity index (χ1n) is 9.37. The van der Waals surface area contributed by atoms with Crippen LogP contribution in [0.1, 0.15) is 39.0 Å². The van der Waals surface area contributed by atoms with Crippen LogP contribution in [0.2, 0.25) is 0 Å². The summed E-state index contributed by atoms with van der Waals surface area (Å²) in [6, 6.07) is 5.66. The quantitative estimate of drug-likeness (QED) is 0.746. The van der Waals surface area contributed by atoms with Crippen molar-refractivity contribution in [1.82, 2.24) is 25.4 Å². The van der Waals surface area contributed by atoms with E-state index < -0.39 is 11.3 Å². The van der Waals surface area contributed by atoms with Gasteiger partial charge < -0.3 is 9.88 Å². The Morgan fingerprint density at radius 2 is 1.86 bits per heavy atom. The molecule has 3 amide bonds. The predicted molar refractivity (Wildman–Crippen MR) is 105 cm³/mol. The van der Waals surface area contributed by atoms with Gasteiger partial charge in [-0.2, -0.15) is 0 Å². The molecule has 1 heterocycles. The molecule has 0 saturated heterocycles. The molecule has 0 radical (unpaired) electrons. The molecule has 1 aliphatic carbocycles. The summed E-state index contributed by atoms with van der Waals surface area (Å²) in [6.07, 6.45) is 5.32. The van der Waals surface area contributed by atoms with E-state index in [4.69, 9.17) is 0 Å². The van der Waals surface area contributed by atoms with Crippen LogP contribution in [0.4, 0.5) is 9.18 Å². The average Bonchev–Trinajstić information content (AvgIpc) is 3.03. The van der Waals surface area contributed by atoms with Crippen LogP contribution in [0, 0.1) is 5.82 Å². The molecule has 1 aromatic heterocycles. The number of nitrogens with zero attached hydrogens (tertiary/aromatic N) is 3. The number of nitrogens with one attached hydrogen (secondary N) is 2. The fourth-order valence-electron chi connectivity index (χ4n) is 3.16. The first kappa shape index (κ1) is 20.3. The lowest BCUT2D eigenvalue weighted by Gasteiger charge is -2.23. The average molecular weight is 405 g/mol. The van der Waals surface area contributed by atoms with Gasteiger partial charge in [0, 0.05) is 18.7 Å². The van der Waals surface area contributed by atoms with Crippen molar-refractivity contribution < 1.29 is 14.0 Å². The van der Waals surface area contributed by atoms with Gasteiger partial charge in [-0.15, -0.1) is 10.2 Å². The molecule has 2 N–H and O–H groups in total. The summed E-state index contributed by atoms with van der Waals surface area (Å²) in [5.41, 5.74) is 0.729. The zero-order valence-corrected chi connectivity index (χ0v) is 16.8. The van der Waals surface area contributed by atoms with E-state index in [-0.39, 0.29) is 17.8 Å². The third kappa shape index (κ3) is 5.09. The summed E-state index contributed by atoms with van der Waals surface area (Å²) in [7, 11) is 1.78. The predicted octanol–water partition coefficient (Wildman–Crippen LogP) is 3.26. The minimum Gasteiger partial charge on any atom is -0.335 e. The van der Waals surface area contributed by atoms with Crippen molar-refractivity contribution in [3.8, 4) is 11.4 Å². The van der Waals surface area contributed by atoms with Gasteiger partial charge in [-0.05, 0) is 44.0 Å². The van der Waals surface area contributed by atoms with Crippen molar-refractivity contribution in [2.24, 2.45) is 7.05 Å². The van der Waals surface area contributed by atoms with Gasteiger partial charge in [0.1, 0.15) is 5.82 Å². The SMILES string of the molecule is C[C@H](Sc1nnc(-c2ccc(F)cc2)n1C)C(=O)NC(=O)NC1CCCCC1. The number of benzene rings is 1. The van der Waals surface area contributed by atoms with Gasteiger partial charge >= 0.3 is 6.03 Å². The van der Waals surface area contributed by atoms with Crippen LogP contribution in [0.25, 0.3) is 11.4 Å². The van der Waals surface area contributed by atoms with Gasteiger partial charge in [0.25, 0.3) is 0 Å². The fraction of sp³-hybridized carbons (Fsp3) is 0.474. The van der Waals surface area contributed by atoms with Crippen LogP contribution in [-0.4, -0.2) is 38.0 Å². The van der Waals surface area contributed by atoms with Crippen molar-refractivity contribution in [1.29, 1.82) is 0 Å². The molecule has 0 bridgehead atoms. The highest BCUT2D eigenvalue weighted by atomic mass is 32.2. The van der Waals surface area contributed by atoms with Crippen LogP contribution in [-0.2, 0) is 11.8 Å². The lowest BCUT2D eigenvalue weighted by atomic mass is 9.96. The molecule has 0 spiro atoms. The number of halogens is 1. The van der Waals surface area contributed by atoms with Crippen LogP contribution in [0.3, 0.4) is 0 Å². The van der Waals surface area contributed by atoms with Gasteiger partial charge in [0.2, 0.25) is 5.91 Å². The van der Waals surface area contributed by atoms with Gasteiger partial charge in [0.15, 0.2) is 11.0 Å². The fourth-order valence-corrected chi connectivity index (χ4v) is 3.98. The number of hydrogen-bond acceptors (Lipinski definition) is 5. The van der Waals surface area contributed by atoms with Crippen molar-refractivity contribution >= 4 is 23.7 Å². The van der Waals surface area contributed by atoms with Gasteiger partial charge in [-0.3, -0.25) is 10.1 Å². The number of amides is 3. The summed E-state index contributed by atoms with van der Waals surface area (Å²) >= 11 is 1.21. The van der Waals surface area contributed by atoms with E-state index >= 15 is 0 Å². The Labute approximate surface area is 167 Å². The molecule has 0 unspecified atom stereocenters. The zero-order valence-electron chi connectivity index (χ0n) is 15.9. The van der Waals surface area contributed by atoms with E-state index in [0.29, 0.717) is 11.0 Å². The monoisotopic (exact) mass is 405 g/mol. The molecule has 2 aromatic rings.